The Bertz CT molecular complexity index is 638. The van der Waals surface area contributed by atoms with Gasteiger partial charge in [0.05, 0.1) is 6.07 Å². The minimum absolute atomic E-state index is 0.124. The zero-order chi connectivity index (χ0) is 16.6. The van der Waals surface area contributed by atoms with Crippen molar-refractivity contribution in [1.29, 1.82) is 5.26 Å². The van der Waals surface area contributed by atoms with Crippen molar-refractivity contribution in [2.45, 2.75) is 27.2 Å². The van der Waals surface area contributed by atoms with Crippen molar-refractivity contribution >= 4 is 12.0 Å². The molecular formula is C19H21NO2. The van der Waals surface area contributed by atoms with Gasteiger partial charge in [-0.2, -0.15) is 5.26 Å². The van der Waals surface area contributed by atoms with E-state index in [-0.39, 0.29) is 5.41 Å². The summed E-state index contributed by atoms with van der Waals surface area (Å²) in [6, 6.07) is 11.5. The molecule has 114 valence electrons. The summed E-state index contributed by atoms with van der Waals surface area (Å²) in [6.45, 7) is 5.99. The molecule has 1 rings (SSSR count). The van der Waals surface area contributed by atoms with Crippen LogP contribution in [-0.4, -0.2) is 11.1 Å². The van der Waals surface area contributed by atoms with Gasteiger partial charge in [-0.15, -0.1) is 0 Å². The summed E-state index contributed by atoms with van der Waals surface area (Å²) in [5.74, 6) is -0.931. The summed E-state index contributed by atoms with van der Waals surface area (Å²) in [5, 5.41) is 18.1. The molecule has 0 aliphatic heterocycles. The number of carboxylic acid groups (broad SMARTS) is 1. The van der Waals surface area contributed by atoms with Crippen LogP contribution in [0, 0.1) is 16.7 Å². The van der Waals surface area contributed by atoms with Crippen molar-refractivity contribution < 1.29 is 9.90 Å². The maximum Gasteiger partial charge on any atom is 0.331 e. The lowest BCUT2D eigenvalue weighted by Crippen LogP contribution is -2.12. The zero-order valence-electron chi connectivity index (χ0n) is 13.2. The second kappa shape index (κ2) is 7.99. The van der Waals surface area contributed by atoms with E-state index in [9.17, 15) is 9.90 Å². The maximum atomic E-state index is 11.5. The van der Waals surface area contributed by atoms with Gasteiger partial charge in [-0.05, 0) is 41.2 Å². The van der Waals surface area contributed by atoms with E-state index in [4.69, 9.17) is 5.26 Å². The number of carbonyl (C=O) groups is 1. The van der Waals surface area contributed by atoms with E-state index in [1.807, 2.05) is 63.2 Å². The third-order valence-corrected chi connectivity index (χ3v) is 2.82. The van der Waals surface area contributed by atoms with Crippen LogP contribution < -0.4 is 0 Å². The molecule has 0 heterocycles. The summed E-state index contributed by atoms with van der Waals surface area (Å²) in [5.41, 5.74) is 1.85. The van der Waals surface area contributed by atoms with Gasteiger partial charge in [-0.1, -0.05) is 51.1 Å². The third kappa shape index (κ3) is 6.71. The standard InChI is InChI=1S/C19H21NO2/c1-19(2,3)14-17(18(21)22)13-16(10-7-11-20)12-15-8-5-4-6-9-15/h4-10,12-13H,14H2,1-3H3,(H,21,22). The van der Waals surface area contributed by atoms with E-state index in [1.54, 1.807) is 12.2 Å². The highest BCUT2D eigenvalue weighted by Crippen LogP contribution is 2.25. The Balaban J connectivity index is 3.23. The fraction of sp³-hybridized carbons (Fsp3) is 0.263. The minimum Gasteiger partial charge on any atom is -0.478 e. The molecule has 22 heavy (non-hydrogen) atoms. The number of nitrogens with zero attached hydrogens (tertiary/aromatic N) is 1. The van der Waals surface area contributed by atoms with Gasteiger partial charge in [0.1, 0.15) is 0 Å². The Kier molecular flexibility index (Phi) is 6.34. The number of hydrogen-bond donors (Lipinski definition) is 1. The number of nitriles is 1. The molecule has 3 nitrogen and oxygen atoms in total. The summed E-state index contributed by atoms with van der Waals surface area (Å²) >= 11 is 0. The van der Waals surface area contributed by atoms with Crippen molar-refractivity contribution in [2.75, 3.05) is 0 Å². The monoisotopic (exact) mass is 295 g/mol. The average Bonchev–Trinajstić information content (AvgIpc) is 2.43. The number of aliphatic carboxylic acids is 1. The van der Waals surface area contributed by atoms with Gasteiger partial charge in [0.15, 0.2) is 0 Å². The van der Waals surface area contributed by atoms with E-state index in [2.05, 4.69) is 0 Å². The fourth-order valence-corrected chi connectivity index (χ4v) is 1.97. The lowest BCUT2D eigenvalue weighted by atomic mass is 9.87. The molecule has 3 heteroatoms. The van der Waals surface area contributed by atoms with E-state index in [0.717, 1.165) is 5.56 Å². The molecule has 0 amide bonds. The van der Waals surface area contributed by atoms with Crippen LogP contribution in [0.3, 0.4) is 0 Å². The normalized spacial score (nSPS) is 13.2. The van der Waals surface area contributed by atoms with E-state index >= 15 is 0 Å². The molecule has 0 aliphatic rings. The van der Waals surface area contributed by atoms with Gasteiger partial charge < -0.3 is 5.11 Å². The largest absolute Gasteiger partial charge is 0.478 e. The number of carboxylic acids is 1. The van der Waals surface area contributed by atoms with Crippen LogP contribution in [-0.2, 0) is 4.79 Å². The van der Waals surface area contributed by atoms with Crippen LogP contribution in [0.4, 0.5) is 0 Å². The van der Waals surface area contributed by atoms with Crippen molar-refractivity contribution in [1.82, 2.24) is 0 Å². The number of hydrogen-bond acceptors (Lipinski definition) is 2. The molecule has 0 unspecified atom stereocenters. The molecular weight excluding hydrogens is 274 g/mol. The molecule has 0 aromatic heterocycles. The van der Waals surface area contributed by atoms with Crippen LogP contribution >= 0.6 is 0 Å². The highest BCUT2D eigenvalue weighted by atomic mass is 16.4. The van der Waals surface area contributed by atoms with Crippen molar-refractivity contribution in [3.63, 3.8) is 0 Å². The Morgan fingerprint density at radius 1 is 1.27 bits per heavy atom. The molecule has 0 spiro atoms. The van der Waals surface area contributed by atoms with Gasteiger partial charge in [-0.3, -0.25) is 0 Å². The van der Waals surface area contributed by atoms with Crippen LogP contribution in [0.5, 0.6) is 0 Å². The highest BCUT2D eigenvalue weighted by molar-refractivity contribution is 5.88. The van der Waals surface area contributed by atoms with Crippen molar-refractivity contribution in [3.05, 3.63) is 65.3 Å². The molecule has 0 bridgehead atoms. The summed E-state index contributed by atoms with van der Waals surface area (Å²) in [4.78, 5) is 11.5. The van der Waals surface area contributed by atoms with Crippen LogP contribution in [0.1, 0.15) is 32.8 Å². The Morgan fingerprint density at radius 2 is 1.91 bits per heavy atom. The maximum absolute atomic E-state index is 11.5. The second-order valence-corrected chi connectivity index (χ2v) is 6.23. The minimum atomic E-state index is -0.931. The average molecular weight is 295 g/mol. The van der Waals surface area contributed by atoms with Gasteiger partial charge in [-0.25, -0.2) is 4.79 Å². The molecule has 1 aromatic rings. The first-order valence-electron chi connectivity index (χ1n) is 7.08. The molecule has 0 radical (unpaired) electrons. The van der Waals surface area contributed by atoms with Gasteiger partial charge in [0, 0.05) is 11.6 Å². The smallest absolute Gasteiger partial charge is 0.331 e. The Hall–Kier alpha value is -2.60. The Morgan fingerprint density at radius 3 is 2.41 bits per heavy atom. The SMILES string of the molecule is CC(C)(C)CC(=CC(C=CC#N)=Cc1ccccc1)C(=O)O. The first kappa shape index (κ1) is 17.5. The first-order chi connectivity index (χ1) is 10.3. The second-order valence-electron chi connectivity index (χ2n) is 6.23. The fourth-order valence-electron chi connectivity index (χ4n) is 1.97. The lowest BCUT2D eigenvalue weighted by molar-refractivity contribution is -0.133. The first-order valence-corrected chi connectivity index (χ1v) is 7.08. The molecule has 1 aromatic carbocycles. The molecule has 0 saturated carbocycles. The van der Waals surface area contributed by atoms with Crippen LogP contribution in [0.25, 0.3) is 6.08 Å². The predicted molar refractivity (Wildman–Crippen MR) is 89.0 cm³/mol. The summed E-state index contributed by atoms with van der Waals surface area (Å²) < 4.78 is 0. The predicted octanol–water partition coefficient (Wildman–Crippen LogP) is 4.60. The number of benzene rings is 1. The van der Waals surface area contributed by atoms with Crippen molar-refractivity contribution in [2.24, 2.45) is 5.41 Å². The van der Waals surface area contributed by atoms with E-state index in [0.29, 0.717) is 17.6 Å². The summed E-state index contributed by atoms with van der Waals surface area (Å²) in [7, 11) is 0. The number of rotatable bonds is 5. The highest BCUT2D eigenvalue weighted by Gasteiger charge is 2.18. The molecule has 0 atom stereocenters. The van der Waals surface area contributed by atoms with Crippen LogP contribution in [0.2, 0.25) is 0 Å². The van der Waals surface area contributed by atoms with Gasteiger partial charge in [0.25, 0.3) is 0 Å². The molecule has 0 fully saturated rings. The van der Waals surface area contributed by atoms with Gasteiger partial charge in [0.2, 0.25) is 0 Å². The van der Waals surface area contributed by atoms with E-state index < -0.39 is 5.97 Å². The zero-order valence-corrected chi connectivity index (χ0v) is 13.2. The molecule has 1 N–H and O–H groups in total. The third-order valence-electron chi connectivity index (χ3n) is 2.82. The number of allylic oxidation sites excluding steroid dienone is 4. The Labute approximate surface area is 131 Å². The molecule has 0 saturated heterocycles. The van der Waals surface area contributed by atoms with E-state index in [1.165, 1.54) is 6.08 Å². The van der Waals surface area contributed by atoms with Crippen molar-refractivity contribution in [3.8, 4) is 6.07 Å². The lowest BCUT2D eigenvalue weighted by Gasteiger charge is -2.18. The topological polar surface area (TPSA) is 61.1 Å². The van der Waals surface area contributed by atoms with Gasteiger partial charge >= 0.3 is 5.97 Å². The van der Waals surface area contributed by atoms with Crippen LogP contribution in [0.15, 0.2) is 59.7 Å². The summed E-state index contributed by atoms with van der Waals surface area (Å²) in [6.07, 6.45) is 6.92. The quantitative estimate of drug-likeness (QED) is 0.490. The molecule has 0 aliphatic carbocycles.